The summed E-state index contributed by atoms with van der Waals surface area (Å²) in [7, 11) is 0. The van der Waals surface area contributed by atoms with Gasteiger partial charge in [-0.1, -0.05) is 0 Å². The molecule has 6 rings (SSSR count). The van der Waals surface area contributed by atoms with Gasteiger partial charge in [0.2, 0.25) is 0 Å². The van der Waals surface area contributed by atoms with Crippen LogP contribution in [0.15, 0.2) is 55.0 Å². The van der Waals surface area contributed by atoms with Crippen LogP contribution in [0.4, 0.5) is 4.39 Å². The fourth-order valence-electron chi connectivity index (χ4n) is 6.19. The van der Waals surface area contributed by atoms with E-state index >= 15 is 0 Å². The predicted molar refractivity (Wildman–Crippen MR) is 127 cm³/mol. The van der Waals surface area contributed by atoms with Gasteiger partial charge in [0.1, 0.15) is 11.6 Å². The van der Waals surface area contributed by atoms with Gasteiger partial charge >= 0.3 is 0 Å². The minimum atomic E-state index is -0.652. The maximum absolute atomic E-state index is 13.5. The number of nitrogens with zero attached hydrogens (tertiary/aromatic N) is 5. The molecule has 1 N–H and O–H groups in total. The fourth-order valence-corrected chi connectivity index (χ4v) is 6.19. The van der Waals surface area contributed by atoms with Crippen molar-refractivity contribution in [2.24, 2.45) is 5.92 Å². The van der Waals surface area contributed by atoms with Crippen molar-refractivity contribution >= 4 is 11.0 Å². The Hall–Kier alpha value is -3.19. The Morgan fingerprint density at radius 3 is 2.74 bits per heavy atom. The maximum atomic E-state index is 13.5. The normalized spacial score (nSPS) is 26.6. The van der Waals surface area contributed by atoms with E-state index in [2.05, 4.69) is 21.1 Å². The van der Waals surface area contributed by atoms with Crippen molar-refractivity contribution in [2.75, 3.05) is 0 Å². The highest BCUT2D eigenvalue weighted by Gasteiger charge is 2.50. The minimum absolute atomic E-state index is 0.172. The van der Waals surface area contributed by atoms with Crippen molar-refractivity contribution < 1.29 is 9.50 Å². The van der Waals surface area contributed by atoms with Crippen molar-refractivity contribution in [3.8, 4) is 5.69 Å². The number of hydrogen-bond donors (Lipinski definition) is 1. The summed E-state index contributed by atoms with van der Waals surface area (Å²) in [6.45, 7) is 1.97. The van der Waals surface area contributed by atoms with Crippen molar-refractivity contribution in [1.82, 2.24) is 24.7 Å². The molecule has 2 aliphatic carbocycles. The van der Waals surface area contributed by atoms with E-state index in [1.165, 1.54) is 17.7 Å². The highest BCUT2D eigenvalue weighted by atomic mass is 19.1. The van der Waals surface area contributed by atoms with E-state index in [1.54, 1.807) is 29.2 Å². The second-order valence-corrected chi connectivity index (χ2v) is 10.2. The Morgan fingerprint density at radius 1 is 1.15 bits per heavy atom. The van der Waals surface area contributed by atoms with E-state index in [9.17, 15) is 9.50 Å². The third-order valence-electron chi connectivity index (χ3n) is 7.87. The van der Waals surface area contributed by atoms with Gasteiger partial charge < -0.3 is 5.11 Å². The third kappa shape index (κ3) is 3.59. The van der Waals surface area contributed by atoms with Crippen LogP contribution >= 0.6 is 0 Å². The largest absolute Gasteiger partial charge is 0.390 e. The lowest BCUT2D eigenvalue weighted by atomic mass is 9.57. The van der Waals surface area contributed by atoms with E-state index in [1.807, 2.05) is 19.2 Å². The molecule has 0 bridgehead atoms. The molecular formula is C27H28FN5O. The molecule has 3 heterocycles. The lowest BCUT2D eigenvalue weighted by molar-refractivity contribution is -0.0335. The number of aromatic nitrogens is 5. The molecule has 0 radical (unpaired) electrons. The predicted octanol–water partition coefficient (Wildman–Crippen LogP) is 4.72. The number of aliphatic hydroxyl groups is 1. The summed E-state index contributed by atoms with van der Waals surface area (Å²) in [5, 5.41) is 16.5. The van der Waals surface area contributed by atoms with E-state index in [4.69, 9.17) is 4.98 Å². The smallest absolute Gasteiger partial charge is 0.163 e. The Kier molecular flexibility index (Phi) is 4.99. The van der Waals surface area contributed by atoms with Gasteiger partial charge in [-0.05, 0) is 93.3 Å². The van der Waals surface area contributed by atoms with Gasteiger partial charge in [0, 0.05) is 35.3 Å². The van der Waals surface area contributed by atoms with Crippen molar-refractivity contribution in [1.29, 1.82) is 0 Å². The Morgan fingerprint density at radius 2 is 1.94 bits per heavy atom. The van der Waals surface area contributed by atoms with Crippen molar-refractivity contribution in [3.05, 3.63) is 77.9 Å². The van der Waals surface area contributed by atoms with Crippen LogP contribution in [0.25, 0.3) is 16.7 Å². The summed E-state index contributed by atoms with van der Waals surface area (Å²) in [4.78, 5) is 14.3. The molecule has 2 aliphatic rings. The van der Waals surface area contributed by atoms with Gasteiger partial charge in [0.15, 0.2) is 5.65 Å². The monoisotopic (exact) mass is 457 g/mol. The molecule has 7 heteroatoms. The molecule has 4 aromatic rings. The first kappa shape index (κ1) is 21.4. The Balaban J connectivity index is 1.51. The molecule has 1 fully saturated rings. The average Bonchev–Trinajstić information content (AvgIpc) is 3.18. The Bertz CT molecular complexity index is 1330. The van der Waals surface area contributed by atoms with Crippen LogP contribution in [0.1, 0.15) is 56.1 Å². The second kappa shape index (κ2) is 7.94. The molecule has 0 amide bonds. The lowest BCUT2D eigenvalue weighted by Gasteiger charge is -2.49. The number of hydrogen-bond acceptors (Lipinski definition) is 5. The summed E-state index contributed by atoms with van der Waals surface area (Å²) in [5.74, 6) is 0.892. The van der Waals surface area contributed by atoms with E-state index in [0.29, 0.717) is 5.92 Å². The molecule has 174 valence electrons. The molecule has 3 aromatic heterocycles. The molecule has 0 unspecified atom stereocenters. The van der Waals surface area contributed by atoms with Crippen LogP contribution in [-0.4, -0.2) is 35.4 Å². The van der Waals surface area contributed by atoms with Crippen LogP contribution < -0.4 is 0 Å². The van der Waals surface area contributed by atoms with Crippen LogP contribution in [0.5, 0.6) is 0 Å². The van der Waals surface area contributed by atoms with Gasteiger partial charge in [-0.2, -0.15) is 5.10 Å². The summed E-state index contributed by atoms with van der Waals surface area (Å²) < 4.78 is 15.3. The van der Waals surface area contributed by atoms with Crippen molar-refractivity contribution in [3.63, 3.8) is 0 Å². The highest BCUT2D eigenvalue weighted by molar-refractivity contribution is 5.78. The van der Waals surface area contributed by atoms with Gasteiger partial charge in [0.25, 0.3) is 0 Å². The van der Waals surface area contributed by atoms with Gasteiger partial charge in [-0.3, -0.25) is 0 Å². The van der Waals surface area contributed by atoms with Crippen LogP contribution in [0.2, 0.25) is 0 Å². The number of benzene rings is 1. The summed E-state index contributed by atoms with van der Waals surface area (Å²) >= 11 is 0. The molecule has 0 spiro atoms. The summed E-state index contributed by atoms with van der Waals surface area (Å²) in [6.07, 6.45) is 11.5. The maximum Gasteiger partial charge on any atom is 0.163 e. The fraction of sp³-hybridized carbons (Fsp3) is 0.407. The second-order valence-electron chi connectivity index (χ2n) is 10.2. The van der Waals surface area contributed by atoms with Crippen LogP contribution in [0, 0.1) is 11.7 Å². The minimum Gasteiger partial charge on any atom is -0.390 e. The first-order valence-corrected chi connectivity index (χ1v) is 12.1. The first-order valence-electron chi connectivity index (χ1n) is 12.1. The van der Waals surface area contributed by atoms with Gasteiger partial charge in [0.05, 0.1) is 17.5 Å². The zero-order valence-corrected chi connectivity index (χ0v) is 19.3. The molecule has 1 saturated carbocycles. The molecule has 1 aromatic carbocycles. The first-order chi connectivity index (χ1) is 16.4. The average molecular weight is 458 g/mol. The van der Waals surface area contributed by atoms with Crippen LogP contribution in [-0.2, 0) is 18.3 Å². The molecule has 6 nitrogen and oxygen atoms in total. The molecule has 0 saturated heterocycles. The zero-order valence-electron chi connectivity index (χ0n) is 19.3. The molecule has 0 aliphatic heterocycles. The zero-order chi connectivity index (χ0) is 23.3. The SMILES string of the molecule is C[C@]1(O)CC[C@]2(Cc3ncccn3)c3cc4cnn(-c5ccc(F)cc5)c4nc3CCC[C@@H]2C1. The van der Waals surface area contributed by atoms with Crippen LogP contribution in [0.3, 0.4) is 0 Å². The summed E-state index contributed by atoms with van der Waals surface area (Å²) in [5.41, 5.74) is 3.10. The number of pyridine rings is 1. The van der Waals surface area contributed by atoms with Gasteiger partial charge in [-0.15, -0.1) is 0 Å². The van der Waals surface area contributed by atoms with E-state index in [-0.39, 0.29) is 11.2 Å². The topological polar surface area (TPSA) is 76.7 Å². The summed E-state index contributed by atoms with van der Waals surface area (Å²) in [6, 6.07) is 10.4. The molecule has 3 atom stereocenters. The van der Waals surface area contributed by atoms with Gasteiger partial charge in [-0.25, -0.2) is 24.0 Å². The third-order valence-corrected chi connectivity index (χ3v) is 7.87. The number of fused-ring (bicyclic) bond motifs is 4. The van der Waals surface area contributed by atoms with E-state index < -0.39 is 5.60 Å². The number of aryl methyl sites for hydroxylation is 1. The Labute approximate surface area is 197 Å². The quantitative estimate of drug-likeness (QED) is 0.482. The lowest BCUT2D eigenvalue weighted by Crippen LogP contribution is -2.48. The molecular weight excluding hydrogens is 429 g/mol. The number of rotatable bonds is 3. The molecule has 34 heavy (non-hydrogen) atoms. The van der Waals surface area contributed by atoms with E-state index in [0.717, 1.165) is 73.2 Å². The highest BCUT2D eigenvalue weighted by Crippen LogP contribution is 2.53. The van der Waals surface area contributed by atoms with Crippen molar-refractivity contribution in [2.45, 2.75) is 62.9 Å². The number of halogens is 1. The standard InChI is InChI=1S/C27H28FN5O/c1-26(34)10-11-27(16-24-29-12-3-13-30-24)19(15-26)4-2-5-23-22(27)14-18-17-31-33(25(18)32-23)21-8-6-20(28)7-9-21/h3,6-9,12-14,17,19,34H,2,4-5,10-11,15-16H2,1H3/t19-,26+,27-/m1/s1.